The number of hydrogen-bond acceptors (Lipinski definition) is 5. The number of fused-ring (bicyclic) bond motifs is 1. The number of nitrogens with one attached hydrogen (secondary N) is 2. The minimum atomic E-state index is 0.659. The third-order valence-electron chi connectivity index (χ3n) is 5.03. The molecule has 4 rings (SSSR count). The molecule has 25 heavy (non-hydrogen) atoms. The topological polar surface area (TPSA) is 67.7 Å². The molecule has 1 aliphatic heterocycles. The first-order valence-electron chi connectivity index (χ1n) is 8.92. The summed E-state index contributed by atoms with van der Waals surface area (Å²) in [5.41, 5.74) is 4.57. The van der Waals surface area contributed by atoms with Crippen LogP contribution in [0.25, 0.3) is 16.9 Å². The molecule has 1 saturated heterocycles. The molecule has 1 aliphatic rings. The zero-order valence-corrected chi connectivity index (χ0v) is 14.8. The zero-order valence-electron chi connectivity index (χ0n) is 14.8. The summed E-state index contributed by atoms with van der Waals surface area (Å²) in [6.07, 6.45) is 5.97. The molecular formula is C19H24N6. The molecule has 0 amide bonds. The number of anilines is 1. The first kappa shape index (κ1) is 16.0. The zero-order chi connectivity index (χ0) is 17.2. The SMILES string of the molecule is Cc1cc2ncn(-c3cc(NCC4CCCNC4)ncn3)c2cc1C. The highest BCUT2D eigenvalue weighted by Crippen LogP contribution is 2.22. The maximum Gasteiger partial charge on any atom is 0.143 e. The van der Waals surface area contributed by atoms with E-state index in [1.54, 1.807) is 6.33 Å². The van der Waals surface area contributed by atoms with E-state index in [2.05, 4.69) is 51.6 Å². The predicted octanol–water partition coefficient (Wildman–Crippen LogP) is 2.84. The number of piperidine rings is 1. The molecule has 6 heteroatoms. The minimum absolute atomic E-state index is 0.659. The van der Waals surface area contributed by atoms with Crippen LogP contribution in [-0.4, -0.2) is 39.2 Å². The summed E-state index contributed by atoms with van der Waals surface area (Å²) in [6, 6.07) is 6.28. The van der Waals surface area contributed by atoms with Crippen molar-refractivity contribution in [1.29, 1.82) is 0 Å². The number of nitrogens with zero attached hydrogens (tertiary/aromatic N) is 4. The van der Waals surface area contributed by atoms with Gasteiger partial charge in [-0.1, -0.05) is 0 Å². The first-order valence-corrected chi connectivity index (χ1v) is 8.92. The van der Waals surface area contributed by atoms with Gasteiger partial charge >= 0.3 is 0 Å². The van der Waals surface area contributed by atoms with Gasteiger partial charge in [-0.15, -0.1) is 0 Å². The van der Waals surface area contributed by atoms with Crippen molar-refractivity contribution in [3.8, 4) is 5.82 Å². The van der Waals surface area contributed by atoms with Gasteiger partial charge in [0.15, 0.2) is 0 Å². The number of aryl methyl sites for hydroxylation is 2. The van der Waals surface area contributed by atoms with Crippen LogP contribution in [0.1, 0.15) is 24.0 Å². The summed E-state index contributed by atoms with van der Waals surface area (Å²) in [5, 5.41) is 6.91. The maximum absolute atomic E-state index is 4.52. The van der Waals surface area contributed by atoms with Crippen LogP contribution in [0.3, 0.4) is 0 Å². The van der Waals surface area contributed by atoms with Gasteiger partial charge in [-0.25, -0.2) is 15.0 Å². The second-order valence-corrected chi connectivity index (χ2v) is 6.89. The number of aromatic nitrogens is 4. The molecule has 3 aromatic rings. The van der Waals surface area contributed by atoms with Crippen molar-refractivity contribution in [3.05, 3.63) is 42.0 Å². The fraction of sp³-hybridized carbons (Fsp3) is 0.421. The number of hydrogen-bond donors (Lipinski definition) is 2. The van der Waals surface area contributed by atoms with Crippen LogP contribution in [-0.2, 0) is 0 Å². The number of benzene rings is 1. The summed E-state index contributed by atoms with van der Waals surface area (Å²) in [6.45, 7) is 7.39. The number of rotatable bonds is 4. The van der Waals surface area contributed by atoms with E-state index in [0.717, 1.165) is 42.3 Å². The largest absolute Gasteiger partial charge is 0.370 e. The van der Waals surface area contributed by atoms with Gasteiger partial charge in [-0.3, -0.25) is 4.57 Å². The molecule has 0 spiro atoms. The van der Waals surface area contributed by atoms with E-state index in [9.17, 15) is 0 Å². The second kappa shape index (κ2) is 6.80. The highest BCUT2D eigenvalue weighted by atomic mass is 15.1. The van der Waals surface area contributed by atoms with Gasteiger partial charge in [0.25, 0.3) is 0 Å². The quantitative estimate of drug-likeness (QED) is 0.767. The Morgan fingerprint density at radius 1 is 1.16 bits per heavy atom. The van der Waals surface area contributed by atoms with Crippen LogP contribution >= 0.6 is 0 Å². The van der Waals surface area contributed by atoms with Crippen molar-refractivity contribution in [3.63, 3.8) is 0 Å². The Bertz CT molecular complexity index is 879. The van der Waals surface area contributed by atoms with Crippen LogP contribution in [0.15, 0.2) is 30.9 Å². The van der Waals surface area contributed by atoms with Gasteiger partial charge in [-0.2, -0.15) is 0 Å². The summed E-state index contributed by atoms with van der Waals surface area (Å²) in [4.78, 5) is 13.3. The Morgan fingerprint density at radius 2 is 2.04 bits per heavy atom. The Labute approximate surface area is 147 Å². The average molecular weight is 336 g/mol. The van der Waals surface area contributed by atoms with Gasteiger partial charge in [-0.05, 0) is 69.0 Å². The Morgan fingerprint density at radius 3 is 2.88 bits per heavy atom. The molecule has 6 nitrogen and oxygen atoms in total. The Kier molecular flexibility index (Phi) is 4.36. The highest BCUT2D eigenvalue weighted by Gasteiger charge is 2.13. The molecule has 1 atom stereocenters. The van der Waals surface area contributed by atoms with E-state index in [1.807, 2.05) is 17.0 Å². The van der Waals surface area contributed by atoms with E-state index in [1.165, 1.54) is 24.0 Å². The van der Waals surface area contributed by atoms with Gasteiger partial charge in [0.1, 0.15) is 24.3 Å². The van der Waals surface area contributed by atoms with E-state index >= 15 is 0 Å². The lowest BCUT2D eigenvalue weighted by Gasteiger charge is -2.23. The van der Waals surface area contributed by atoms with Crippen LogP contribution in [0, 0.1) is 19.8 Å². The number of imidazole rings is 1. The third kappa shape index (κ3) is 3.35. The Balaban J connectivity index is 1.58. The predicted molar refractivity (Wildman–Crippen MR) is 100 cm³/mol. The summed E-state index contributed by atoms with van der Waals surface area (Å²) < 4.78 is 2.02. The molecule has 3 heterocycles. The van der Waals surface area contributed by atoms with Crippen molar-refractivity contribution in [2.24, 2.45) is 5.92 Å². The summed E-state index contributed by atoms with van der Waals surface area (Å²) in [5.74, 6) is 2.36. The molecule has 0 saturated carbocycles. The van der Waals surface area contributed by atoms with Crippen LogP contribution in [0.5, 0.6) is 0 Å². The van der Waals surface area contributed by atoms with Gasteiger partial charge in [0.2, 0.25) is 0 Å². The monoisotopic (exact) mass is 336 g/mol. The highest BCUT2D eigenvalue weighted by molar-refractivity contribution is 5.79. The summed E-state index contributed by atoms with van der Waals surface area (Å²) in [7, 11) is 0. The first-order chi connectivity index (χ1) is 12.2. The normalized spacial score (nSPS) is 17.8. The van der Waals surface area contributed by atoms with Crippen LogP contribution in [0.4, 0.5) is 5.82 Å². The fourth-order valence-corrected chi connectivity index (χ4v) is 3.37. The van der Waals surface area contributed by atoms with Crippen molar-refractivity contribution in [2.75, 3.05) is 25.0 Å². The van der Waals surface area contributed by atoms with E-state index in [4.69, 9.17) is 0 Å². The molecule has 130 valence electrons. The van der Waals surface area contributed by atoms with E-state index in [0.29, 0.717) is 5.92 Å². The van der Waals surface area contributed by atoms with Gasteiger partial charge in [0.05, 0.1) is 11.0 Å². The molecule has 1 unspecified atom stereocenters. The van der Waals surface area contributed by atoms with Crippen molar-refractivity contribution in [1.82, 2.24) is 24.8 Å². The maximum atomic E-state index is 4.52. The smallest absolute Gasteiger partial charge is 0.143 e. The minimum Gasteiger partial charge on any atom is -0.370 e. The molecule has 0 radical (unpaired) electrons. The fourth-order valence-electron chi connectivity index (χ4n) is 3.37. The molecule has 1 fully saturated rings. The lowest BCUT2D eigenvalue weighted by Crippen LogP contribution is -2.33. The van der Waals surface area contributed by atoms with Gasteiger partial charge in [0, 0.05) is 12.6 Å². The summed E-state index contributed by atoms with van der Waals surface area (Å²) >= 11 is 0. The van der Waals surface area contributed by atoms with Crippen molar-refractivity contribution >= 4 is 16.9 Å². The van der Waals surface area contributed by atoms with E-state index < -0.39 is 0 Å². The molecule has 2 N–H and O–H groups in total. The van der Waals surface area contributed by atoms with Crippen molar-refractivity contribution in [2.45, 2.75) is 26.7 Å². The molecule has 0 bridgehead atoms. The van der Waals surface area contributed by atoms with Crippen LogP contribution in [0.2, 0.25) is 0 Å². The molecule has 0 aliphatic carbocycles. The molecular weight excluding hydrogens is 312 g/mol. The molecule has 2 aromatic heterocycles. The van der Waals surface area contributed by atoms with Crippen molar-refractivity contribution < 1.29 is 0 Å². The van der Waals surface area contributed by atoms with E-state index in [-0.39, 0.29) is 0 Å². The standard InChI is InChI=1S/C19H24N6/c1-13-6-16-17(7-14(13)2)25(12-24-16)19-8-18(22-11-23-19)21-10-15-4-3-5-20-9-15/h6-8,11-12,15,20H,3-5,9-10H2,1-2H3,(H,21,22,23). The average Bonchev–Trinajstić information content (AvgIpc) is 3.04. The Hall–Kier alpha value is -2.47. The molecule has 1 aromatic carbocycles. The lowest BCUT2D eigenvalue weighted by atomic mass is 10.00. The second-order valence-electron chi connectivity index (χ2n) is 6.89. The lowest BCUT2D eigenvalue weighted by molar-refractivity contribution is 0.392. The third-order valence-corrected chi connectivity index (χ3v) is 5.03. The van der Waals surface area contributed by atoms with Gasteiger partial charge < -0.3 is 10.6 Å². The van der Waals surface area contributed by atoms with Crippen LogP contribution < -0.4 is 10.6 Å².